The third-order valence-electron chi connectivity index (χ3n) is 5.06. The van der Waals surface area contributed by atoms with E-state index in [1.54, 1.807) is 12.1 Å². The Morgan fingerprint density at radius 3 is 2.33 bits per heavy atom. The molecule has 1 aliphatic heterocycles. The number of carboxylic acids is 1. The van der Waals surface area contributed by atoms with Gasteiger partial charge in [-0.05, 0) is 12.1 Å². The molecule has 0 radical (unpaired) electrons. The fourth-order valence-corrected chi connectivity index (χ4v) is 3.61. The Hall–Kier alpha value is -2.51. The van der Waals surface area contributed by atoms with E-state index >= 15 is 0 Å². The molecule has 12 heteroatoms. The highest BCUT2D eigenvalue weighted by atomic mass is 35.5. The Morgan fingerprint density at radius 1 is 1.21 bits per heavy atom. The second-order valence-electron chi connectivity index (χ2n) is 7.52. The van der Waals surface area contributed by atoms with E-state index in [4.69, 9.17) is 26.6 Å². The summed E-state index contributed by atoms with van der Waals surface area (Å²) < 4.78 is 4.86. The van der Waals surface area contributed by atoms with Gasteiger partial charge in [0.15, 0.2) is 0 Å². The quantitative estimate of drug-likeness (QED) is 0.267. The Kier molecular flexibility index (Phi) is 8.97. The number of aliphatic hydroxyl groups excluding tert-OH is 4. The van der Waals surface area contributed by atoms with Crippen LogP contribution in [0, 0.1) is 0 Å². The maximum atomic E-state index is 11.1. The maximum Gasteiger partial charge on any atom is 0.364 e. The molecule has 3 rings (SSSR count). The zero-order valence-electron chi connectivity index (χ0n) is 17.5. The van der Waals surface area contributed by atoms with Crippen LogP contribution in [-0.2, 0) is 14.3 Å². The van der Waals surface area contributed by atoms with Crippen LogP contribution < -0.4 is 5.32 Å². The summed E-state index contributed by atoms with van der Waals surface area (Å²) in [7, 11) is 0. The topological polar surface area (TPSA) is 197 Å². The predicted octanol–water partition coefficient (Wildman–Crippen LogP) is -0.673. The first-order chi connectivity index (χ1) is 15.4. The molecule has 1 amide bonds. The second kappa shape index (κ2) is 11.1. The molecule has 0 aliphatic carbocycles. The van der Waals surface area contributed by atoms with E-state index < -0.39 is 61.1 Å². The van der Waals surface area contributed by atoms with Gasteiger partial charge in [0, 0.05) is 29.1 Å². The Balaban J connectivity index is 0.000000268. The lowest BCUT2D eigenvalue weighted by Gasteiger charge is -2.44. The van der Waals surface area contributed by atoms with Crippen molar-refractivity contribution in [3.05, 3.63) is 41.4 Å². The molecule has 33 heavy (non-hydrogen) atoms. The van der Waals surface area contributed by atoms with Crippen molar-refractivity contribution < 1.29 is 50.1 Å². The first kappa shape index (κ1) is 26.7. The highest BCUT2D eigenvalue weighted by Gasteiger charge is 2.53. The number of ether oxygens (including phenoxy) is 1. The standard InChI is InChI=1S/C11H19NO9.C10H7ClO/c1-4(14)12-7-5(15)2-11(20,10(18)19)21-9(7)8(17)6(16)3-13;11-9-5-6-10(12)8-4-2-1-3-7(8)9/h5-9,13,15-17,20H,2-3H2,1H3,(H,12,14)(H,18,19);1-6,12H/t5-,6+,7+,8+,9+,11?;/m0./s1. The van der Waals surface area contributed by atoms with Crippen LogP contribution in [0.5, 0.6) is 5.75 Å². The fourth-order valence-electron chi connectivity index (χ4n) is 3.38. The van der Waals surface area contributed by atoms with Gasteiger partial charge in [-0.3, -0.25) is 4.79 Å². The molecule has 1 heterocycles. The van der Waals surface area contributed by atoms with Crippen molar-refractivity contribution in [2.45, 2.75) is 49.6 Å². The van der Waals surface area contributed by atoms with Gasteiger partial charge in [-0.2, -0.15) is 0 Å². The van der Waals surface area contributed by atoms with Gasteiger partial charge in [-0.15, -0.1) is 0 Å². The summed E-state index contributed by atoms with van der Waals surface area (Å²) in [6.45, 7) is 0.256. The van der Waals surface area contributed by atoms with Gasteiger partial charge in [0.05, 0.1) is 18.8 Å². The number of aromatic hydroxyl groups is 1. The molecule has 0 saturated carbocycles. The van der Waals surface area contributed by atoms with Gasteiger partial charge >= 0.3 is 5.97 Å². The van der Waals surface area contributed by atoms with E-state index in [2.05, 4.69) is 5.32 Å². The van der Waals surface area contributed by atoms with Crippen molar-refractivity contribution in [3.63, 3.8) is 0 Å². The number of rotatable bonds is 5. The number of carbonyl (C=O) groups is 2. The summed E-state index contributed by atoms with van der Waals surface area (Å²) >= 11 is 5.92. The van der Waals surface area contributed by atoms with E-state index in [9.17, 15) is 35.1 Å². The number of aliphatic carboxylic acids is 1. The Bertz CT molecular complexity index is 948. The van der Waals surface area contributed by atoms with Crippen LogP contribution in [0.25, 0.3) is 10.8 Å². The number of phenols is 1. The van der Waals surface area contributed by atoms with Crippen molar-refractivity contribution in [2.75, 3.05) is 6.61 Å². The van der Waals surface area contributed by atoms with E-state index in [1.807, 2.05) is 24.3 Å². The zero-order chi connectivity index (χ0) is 24.9. The summed E-state index contributed by atoms with van der Waals surface area (Å²) in [5.74, 6) is -4.90. The van der Waals surface area contributed by atoms with Crippen LogP contribution in [0.4, 0.5) is 0 Å². The van der Waals surface area contributed by atoms with Gasteiger partial charge in [-0.25, -0.2) is 4.79 Å². The lowest BCUT2D eigenvalue weighted by atomic mass is 9.88. The summed E-state index contributed by atoms with van der Waals surface area (Å²) in [4.78, 5) is 22.1. The van der Waals surface area contributed by atoms with Crippen LogP contribution in [0.2, 0.25) is 5.02 Å². The summed E-state index contributed by atoms with van der Waals surface area (Å²) in [6.07, 6.45) is -7.48. The number of amides is 1. The largest absolute Gasteiger partial charge is 0.507 e. The maximum absolute atomic E-state index is 11.1. The lowest BCUT2D eigenvalue weighted by Crippen LogP contribution is -2.67. The smallest absolute Gasteiger partial charge is 0.364 e. The van der Waals surface area contributed by atoms with Crippen LogP contribution in [0.1, 0.15) is 13.3 Å². The molecule has 2 aromatic carbocycles. The van der Waals surface area contributed by atoms with E-state index in [1.165, 1.54) is 0 Å². The number of aliphatic hydroxyl groups is 5. The average Bonchev–Trinajstić information content (AvgIpc) is 2.77. The monoisotopic (exact) mass is 487 g/mol. The minimum atomic E-state index is -2.78. The molecule has 2 aromatic rings. The van der Waals surface area contributed by atoms with Crippen LogP contribution in [-0.4, -0.2) is 90.5 Å². The number of hydrogen-bond donors (Lipinski definition) is 8. The number of carboxylic acid groups (broad SMARTS) is 1. The minimum absolute atomic E-state index is 0.273. The number of phenolic OH excluding ortho intramolecular Hbond substituents is 1. The summed E-state index contributed by atoms with van der Waals surface area (Å²) in [5, 5.41) is 70.7. The molecule has 182 valence electrons. The van der Waals surface area contributed by atoms with E-state index in [-0.39, 0.29) is 5.75 Å². The van der Waals surface area contributed by atoms with Gasteiger partial charge < -0.3 is 45.8 Å². The van der Waals surface area contributed by atoms with Crippen molar-refractivity contribution >= 4 is 34.2 Å². The molecule has 6 atom stereocenters. The molecular weight excluding hydrogens is 462 g/mol. The first-order valence-electron chi connectivity index (χ1n) is 9.83. The Labute approximate surface area is 193 Å². The third-order valence-corrected chi connectivity index (χ3v) is 5.38. The summed E-state index contributed by atoms with van der Waals surface area (Å²) in [6, 6.07) is 9.53. The van der Waals surface area contributed by atoms with Crippen LogP contribution in [0.3, 0.4) is 0 Å². The number of hydrogen-bond acceptors (Lipinski definition) is 9. The molecule has 0 spiro atoms. The highest BCUT2D eigenvalue weighted by Crippen LogP contribution is 2.31. The molecule has 1 unspecified atom stereocenters. The predicted molar refractivity (Wildman–Crippen MR) is 115 cm³/mol. The van der Waals surface area contributed by atoms with E-state index in [0.717, 1.165) is 17.7 Å². The molecule has 1 fully saturated rings. The van der Waals surface area contributed by atoms with Gasteiger partial charge in [0.1, 0.15) is 24.1 Å². The number of carbonyl (C=O) groups excluding carboxylic acids is 1. The van der Waals surface area contributed by atoms with Gasteiger partial charge in [-0.1, -0.05) is 35.9 Å². The highest BCUT2D eigenvalue weighted by molar-refractivity contribution is 6.35. The normalized spacial score (nSPS) is 26.6. The zero-order valence-corrected chi connectivity index (χ0v) is 18.3. The fraction of sp³-hybridized carbons (Fsp3) is 0.429. The van der Waals surface area contributed by atoms with Crippen molar-refractivity contribution in [2.24, 2.45) is 0 Å². The number of fused-ring (bicyclic) bond motifs is 1. The average molecular weight is 488 g/mol. The lowest BCUT2D eigenvalue weighted by molar-refractivity contribution is -0.295. The molecule has 11 nitrogen and oxygen atoms in total. The molecule has 0 bridgehead atoms. The summed E-state index contributed by atoms with van der Waals surface area (Å²) in [5.41, 5.74) is 0. The third kappa shape index (κ3) is 6.30. The van der Waals surface area contributed by atoms with Crippen molar-refractivity contribution in [1.82, 2.24) is 5.32 Å². The molecule has 8 N–H and O–H groups in total. The molecule has 1 aliphatic rings. The molecular formula is C21H26ClNO10. The number of halogens is 1. The van der Waals surface area contributed by atoms with Gasteiger partial charge in [0.2, 0.25) is 5.91 Å². The number of benzene rings is 2. The first-order valence-corrected chi connectivity index (χ1v) is 10.2. The van der Waals surface area contributed by atoms with Crippen molar-refractivity contribution in [3.8, 4) is 5.75 Å². The minimum Gasteiger partial charge on any atom is -0.507 e. The van der Waals surface area contributed by atoms with Gasteiger partial charge in [0.25, 0.3) is 5.79 Å². The SMILES string of the molecule is CC(=O)N[C@H]1[C@H]([C@H](O)[C@H](O)CO)OC(O)(C(=O)O)C[C@@H]1O.Oc1ccc(Cl)c2ccccc12. The van der Waals surface area contributed by atoms with Crippen molar-refractivity contribution in [1.29, 1.82) is 0 Å². The molecule has 0 aromatic heterocycles. The van der Waals surface area contributed by atoms with Crippen LogP contribution in [0.15, 0.2) is 36.4 Å². The second-order valence-corrected chi connectivity index (χ2v) is 7.93. The molecule has 1 saturated heterocycles. The van der Waals surface area contributed by atoms with E-state index in [0.29, 0.717) is 5.02 Å². The Morgan fingerprint density at radius 2 is 1.82 bits per heavy atom. The van der Waals surface area contributed by atoms with Crippen LogP contribution >= 0.6 is 11.6 Å². The number of nitrogens with one attached hydrogen (secondary N) is 1.